The average Bonchev–Trinajstić information content (AvgIpc) is 2.53. The van der Waals surface area contributed by atoms with Gasteiger partial charge in [0.15, 0.2) is 0 Å². The van der Waals surface area contributed by atoms with Crippen molar-refractivity contribution in [3.8, 4) is 0 Å². The second kappa shape index (κ2) is 7.61. The number of amides is 1. The first-order valence-electron chi connectivity index (χ1n) is 7.51. The Balaban J connectivity index is 1.86. The van der Waals surface area contributed by atoms with Crippen molar-refractivity contribution in [2.45, 2.75) is 12.8 Å². The van der Waals surface area contributed by atoms with Gasteiger partial charge in [-0.05, 0) is 18.1 Å². The van der Waals surface area contributed by atoms with E-state index in [0.717, 1.165) is 5.56 Å². The SMILES string of the molecule is CN(C)S(=O)(=O)N1CCN(C(=O)CCc2ccccc2Cl)CC1. The Hall–Kier alpha value is -1.15. The molecule has 0 unspecified atom stereocenters. The molecule has 0 radical (unpaired) electrons. The summed E-state index contributed by atoms with van der Waals surface area (Å²) in [7, 11) is -0.378. The zero-order chi connectivity index (χ0) is 17.0. The highest BCUT2D eigenvalue weighted by atomic mass is 35.5. The van der Waals surface area contributed by atoms with Crippen LogP contribution in [-0.4, -0.2) is 68.1 Å². The lowest BCUT2D eigenvalue weighted by molar-refractivity contribution is -0.132. The molecule has 1 heterocycles. The molecule has 1 amide bonds. The van der Waals surface area contributed by atoms with Crippen LogP contribution in [0, 0.1) is 0 Å². The van der Waals surface area contributed by atoms with Crippen LogP contribution in [0.25, 0.3) is 0 Å². The molecule has 6 nitrogen and oxygen atoms in total. The number of piperazine rings is 1. The summed E-state index contributed by atoms with van der Waals surface area (Å²) in [6, 6.07) is 7.48. The summed E-state index contributed by atoms with van der Waals surface area (Å²) in [5.74, 6) is 0.0341. The lowest BCUT2D eigenvalue weighted by Gasteiger charge is -2.35. The Morgan fingerprint density at radius 2 is 1.78 bits per heavy atom. The molecule has 128 valence electrons. The Morgan fingerprint density at radius 3 is 2.35 bits per heavy atom. The number of halogens is 1. The molecule has 0 saturated carbocycles. The molecule has 2 rings (SSSR count). The third kappa shape index (κ3) is 4.44. The maximum Gasteiger partial charge on any atom is 0.281 e. The fourth-order valence-electron chi connectivity index (χ4n) is 2.50. The van der Waals surface area contributed by atoms with Gasteiger partial charge in [0.25, 0.3) is 10.2 Å². The second-order valence-electron chi connectivity index (χ2n) is 5.66. The number of aryl methyl sites for hydroxylation is 1. The summed E-state index contributed by atoms with van der Waals surface area (Å²) < 4.78 is 26.7. The molecule has 0 aliphatic carbocycles. The molecule has 1 fully saturated rings. The molecule has 1 aliphatic heterocycles. The van der Waals surface area contributed by atoms with E-state index in [0.29, 0.717) is 44.0 Å². The van der Waals surface area contributed by atoms with Gasteiger partial charge in [0.2, 0.25) is 5.91 Å². The summed E-state index contributed by atoms with van der Waals surface area (Å²) in [5.41, 5.74) is 0.955. The van der Waals surface area contributed by atoms with E-state index in [1.807, 2.05) is 24.3 Å². The Morgan fingerprint density at radius 1 is 1.17 bits per heavy atom. The quantitative estimate of drug-likeness (QED) is 0.794. The van der Waals surface area contributed by atoms with E-state index >= 15 is 0 Å². The van der Waals surface area contributed by atoms with Gasteiger partial charge in [0, 0.05) is 51.7 Å². The number of hydrogen-bond acceptors (Lipinski definition) is 3. The van der Waals surface area contributed by atoms with Crippen LogP contribution in [0.3, 0.4) is 0 Å². The van der Waals surface area contributed by atoms with Crippen LogP contribution in [0.2, 0.25) is 5.02 Å². The zero-order valence-electron chi connectivity index (χ0n) is 13.4. The van der Waals surface area contributed by atoms with E-state index in [-0.39, 0.29) is 5.91 Å². The van der Waals surface area contributed by atoms with Crippen molar-refractivity contribution in [3.63, 3.8) is 0 Å². The molecule has 1 aromatic carbocycles. The van der Waals surface area contributed by atoms with Crippen molar-refractivity contribution < 1.29 is 13.2 Å². The van der Waals surface area contributed by atoms with Crippen LogP contribution in [0.5, 0.6) is 0 Å². The number of carbonyl (C=O) groups excluding carboxylic acids is 1. The smallest absolute Gasteiger partial charge is 0.281 e. The van der Waals surface area contributed by atoms with Gasteiger partial charge >= 0.3 is 0 Å². The van der Waals surface area contributed by atoms with Gasteiger partial charge in [-0.3, -0.25) is 4.79 Å². The standard InChI is InChI=1S/C15H22ClN3O3S/c1-17(2)23(21,22)19-11-9-18(10-12-19)15(20)8-7-13-5-3-4-6-14(13)16/h3-6H,7-12H2,1-2H3. The third-order valence-corrected chi connectivity index (χ3v) is 6.25. The van der Waals surface area contributed by atoms with Crippen molar-refractivity contribution in [1.29, 1.82) is 0 Å². The van der Waals surface area contributed by atoms with Crippen LogP contribution in [0.4, 0.5) is 0 Å². The van der Waals surface area contributed by atoms with Crippen LogP contribution < -0.4 is 0 Å². The highest BCUT2D eigenvalue weighted by Gasteiger charge is 2.29. The molecule has 0 spiro atoms. The topological polar surface area (TPSA) is 60.9 Å². The van der Waals surface area contributed by atoms with Crippen LogP contribution in [-0.2, 0) is 21.4 Å². The van der Waals surface area contributed by atoms with Crippen LogP contribution >= 0.6 is 11.6 Å². The summed E-state index contributed by atoms with van der Waals surface area (Å²) >= 11 is 6.09. The van der Waals surface area contributed by atoms with Gasteiger partial charge in [-0.25, -0.2) is 0 Å². The largest absolute Gasteiger partial charge is 0.340 e. The maximum atomic E-state index is 12.3. The van der Waals surface area contributed by atoms with Gasteiger partial charge in [-0.15, -0.1) is 0 Å². The molecule has 23 heavy (non-hydrogen) atoms. The number of carbonyl (C=O) groups is 1. The summed E-state index contributed by atoms with van der Waals surface area (Å²) in [6.07, 6.45) is 0.971. The highest BCUT2D eigenvalue weighted by Crippen LogP contribution is 2.17. The van der Waals surface area contributed by atoms with E-state index in [1.165, 1.54) is 22.7 Å². The Labute approximate surface area is 142 Å². The number of nitrogens with zero attached hydrogens (tertiary/aromatic N) is 3. The minimum absolute atomic E-state index is 0.0341. The third-order valence-electron chi connectivity index (χ3n) is 3.95. The van der Waals surface area contributed by atoms with E-state index in [2.05, 4.69) is 0 Å². The molecule has 1 aromatic rings. The van der Waals surface area contributed by atoms with Crippen molar-refractivity contribution >= 4 is 27.7 Å². The minimum Gasteiger partial charge on any atom is -0.340 e. The number of rotatable bonds is 5. The predicted octanol–water partition coefficient (Wildman–Crippen LogP) is 1.22. The summed E-state index contributed by atoms with van der Waals surface area (Å²) in [4.78, 5) is 14.0. The second-order valence-corrected chi connectivity index (χ2v) is 8.21. The first kappa shape index (κ1) is 18.2. The minimum atomic E-state index is -3.40. The van der Waals surface area contributed by atoms with E-state index in [9.17, 15) is 13.2 Å². The first-order chi connectivity index (χ1) is 10.8. The zero-order valence-corrected chi connectivity index (χ0v) is 15.0. The normalized spacial score (nSPS) is 16.8. The molecule has 0 N–H and O–H groups in total. The summed E-state index contributed by atoms with van der Waals surface area (Å²) in [5, 5.41) is 0.669. The van der Waals surface area contributed by atoms with Gasteiger partial charge in [-0.1, -0.05) is 29.8 Å². The van der Waals surface area contributed by atoms with Gasteiger partial charge < -0.3 is 4.90 Å². The molecule has 1 saturated heterocycles. The molecular formula is C15H22ClN3O3S. The van der Waals surface area contributed by atoms with Gasteiger partial charge in [0.05, 0.1) is 0 Å². The van der Waals surface area contributed by atoms with Crippen LogP contribution in [0.15, 0.2) is 24.3 Å². The molecule has 0 bridgehead atoms. The van der Waals surface area contributed by atoms with Crippen LogP contribution in [0.1, 0.15) is 12.0 Å². The molecule has 0 atom stereocenters. The van der Waals surface area contributed by atoms with Crippen molar-refractivity contribution in [3.05, 3.63) is 34.9 Å². The van der Waals surface area contributed by atoms with E-state index < -0.39 is 10.2 Å². The summed E-state index contributed by atoms with van der Waals surface area (Å²) in [6.45, 7) is 1.51. The average molecular weight is 360 g/mol. The van der Waals surface area contributed by atoms with Crippen molar-refractivity contribution in [2.24, 2.45) is 0 Å². The Kier molecular flexibility index (Phi) is 6.02. The van der Waals surface area contributed by atoms with Gasteiger partial charge in [-0.2, -0.15) is 17.0 Å². The Bertz CT molecular complexity index is 656. The van der Waals surface area contributed by atoms with Crippen molar-refractivity contribution in [2.75, 3.05) is 40.3 Å². The first-order valence-corrected chi connectivity index (χ1v) is 9.28. The fraction of sp³-hybridized carbons (Fsp3) is 0.533. The fourth-order valence-corrected chi connectivity index (χ4v) is 3.82. The monoisotopic (exact) mass is 359 g/mol. The van der Waals surface area contributed by atoms with E-state index in [1.54, 1.807) is 4.90 Å². The number of benzene rings is 1. The highest BCUT2D eigenvalue weighted by molar-refractivity contribution is 7.86. The molecular weight excluding hydrogens is 338 g/mol. The lowest BCUT2D eigenvalue weighted by Crippen LogP contribution is -2.53. The van der Waals surface area contributed by atoms with E-state index in [4.69, 9.17) is 11.6 Å². The lowest BCUT2D eigenvalue weighted by atomic mass is 10.1. The maximum absolute atomic E-state index is 12.3. The number of hydrogen-bond donors (Lipinski definition) is 0. The predicted molar refractivity (Wildman–Crippen MR) is 90.5 cm³/mol. The van der Waals surface area contributed by atoms with Gasteiger partial charge in [0.1, 0.15) is 0 Å². The molecule has 8 heteroatoms. The molecule has 1 aliphatic rings. The van der Waals surface area contributed by atoms with Crippen molar-refractivity contribution in [1.82, 2.24) is 13.5 Å². The molecule has 0 aromatic heterocycles.